The smallest absolute Gasteiger partial charge is 0.303 e. The van der Waals surface area contributed by atoms with Crippen LogP contribution in [-0.4, -0.2) is 129 Å². The molecule has 0 saturated carbocycles. The third-order valence-electron chi connectivity index (χ3n) is 9.38. The highest BCUT2D eigenvalue weighted by Gasteiger charge is 2.51. The Morgan fingerprint density at radius 2 is 1.04 bits per heavy atom. The lowest BCUT2D eigenvalue weighted by Gasteiger charge is -2.46. The first-order chi connectivity index (χ1) is 24.3. The molecular formula is C36H64O15. The van der Waals surface area contributed by atoms with Crippen LogP contribution in [0.2, 0.25) is 0 Å². The van der Waals surface area contributed by atoms with Gasteiger partial charge in [-0.1, -0.05) is 90.4 Å². The van der Waals surface area contributed by atoms with Crippen molar-refractivity contribution in [2.24, 2.45) is 0 Å². The molecule has 2 fully saturated rings. The Balaban J connectivity index is 2.12. The van der Waals surface area contributed by atoms with Gasteiger partial charge in [-0.15, -0.1) is 0 Å². The molecule has 0 bridgehead atoms. The van der Waals surface area contributed by atoms with Crippen LogP contribution in [-0.2, 0) is 42.8 Å². The SMILES string of the molecule is CCCCCCCC(CCCCCCCCCCCC(=O)O)O[C@@H]1O[C@H](COC(C)=O)[C@@H](O)[C@H](O)[C@H]1O[C@@H]1O[C@H](COC(C)=O)[C@@H](O)[C@H](O)[C@H]1O. The van der Waals surface area contributed by atoms with Gasteiger partial charge < -0.3 is 59.1 Å². The molecule has 0 aliphatic carbocycles. The first-order valence-electron chi connectivity index (χ1n) is 18.9. The van der Waals surface area contributed by atoms with E-state index in [2.05, 4.69) is 6.92 Å². The van der Waals surface area contributed by atoms with Gasteiger partial charge in [0.2, 0.25) is 0 Å². The normalized spacial score (nSPS) is 30.1. The van der Waals surface area contributed by atoms with Crippen LogP contribution in [0.25, 0.3) is 0 Å². The third-order valence-corrected chi connectivity index (χ3v) is 9.38. The number of ether oxygens (including phenoxy) is 6. The van der Waals surface area contributed by atoms with Crippen LogP contribution >= 0.6 is 0 Å². The number of aliphatic carboxylic acids is 1. The minimum absolute atomic E-state index is 0.217. The molecule has 15 heteroatoms. The van der Waals surface area contributed by atoms with E-state index < -0.39 is 85.9 Å². The predicted molar refractivity (Wildman–Crippen MR) is 182 cm³/mol. The summed E-state index contributed by atoms with van der Waals surface area (Å²) in [5.41, 5.74) is 0. The number of carboxylic acids is 1. The summed E-state index contributed by atoms with van der Waals surface area (Å²) in [7, 11) is 0. The van der Waals surface area contributed by atoms with Crippen molar-refractivity contribution >= 4 is 17.9 Å². The summed E-state index contributed by atoms with van der Waals surface area (Å²) in [6.45, 7) is 3.71. The number of aliphatic hydroxyl groups is 5. The molecule has 0 aromatic rings. The molecule has 0 aromatic carbocycles. The van der Waals surface area contributed by atoms with Gasteiger partial charge >= 0.3 is 17.9 Å². The van der Waals surface area contributed by atoms with Crippen molar-refractivity contribution in [3.63, 3.8) is 0 Å². The number of carboxylic acid groups (broad SMARTS) is 1. The molecule has 298 valence electrons. The van der Waals surface area contributed by atoms with Crippen molar-refractivity contribution in [3.05, 3.63) is 0 Å². The van der Waals surface area contributed by atoms with Crippen molar-refractivity contribution in [2.45, 2.75) is 197 Å². The Bertz CT molecular complexity index is 982. The molecule has 2 rings (SSSR count). The minimum Gasteiger partial charge on any atom is -0.481 e. The molecule has 0 amide bonds. The average Bonchev–Trinajstić information content (AvgIpc) is 3.08. The second-order valence-electron chi connectivity index (χ2n) is 13.8. The zero-order chi connectivity index (χ0) is 37.8. The molecule has 15 nitrogen and oxygen atoms in total. The van der Waals surface area contributed by atoms with Crippen molar-refractivity contribution < 1.29 is 73.4 Å². The molecule has 0 radical (unpaired) electrons. The Morgan fingerprint density at radius 3 is 1.53 bits per heavy atom. The fourth-order valence-corrected chi connectivity index (χ4v) is 6.35. The van der Waals surface area contributed by atoms with E-state index in [-0.39, 0.29) is 19.1 Å². The van der Waals surface area contributed by atoms with Gasteiger partial charge in [0.05, 0.1) is 6.10 Å². The van der Waals surface area contributed by atoms with Gasteiger partial charge in [0.1, 0.15) is 62.0 Å². The summed E-state index contributed by atoms with van der Waals surface area (Å²) in [6, 6.07) is 0. The summed E-state index contributed by atoms with van der Waals surface area (Å²) in [6.07, 6.45) is 0.0381. The standard InChI is InChI=1S/C36H64O15/c1-4-5-6-12-15-18-25(19-16-13-10-8-7-9-11-14-17-20-28(39)40)48-36-34(32(44)30(42)27(50-36)22-47-24(3)38)51-35-33(45)31(43)29(41)26(49-35)21-46-23(2)37/h25-27,29-36,41-45H,4-22H2,1-3H3,(H,39,40)/t25?,26-,27-,29-,30-,31+,32+,33-,34-,35+,36-/m1/s1. The van der Waals surface area contributed by atoms with Crippen molar-refractivity contribution in [1.29, 1.82) is 0 Å². The lowest BCUT2D eigenvalue weighted by Crippen LogP contribution is -2.65. The molecule has 0 aromatic heterocycles. The number of hydrogen-bond donors (Lipinski definition) is 6. The van der Waals surface area contributed by atoms with E-state index in [0.717, 1.165) is 90.4 Å². The fraction of sp³-hybridized carbons (Fsp3) is 0.917. The maximum absolute atomic E-state index is 11.6. The highest BCUT2D eigenvalue weighted by Crippen LogP contribution is 2.32. The lowest BCUT2D eigenvalue weighted by atomic mass is 9.97. The van der Waals surface area contributed by atoms with E-state index in [4.69, 9.17) is 33.5 Å². The summed E-state index contributed by atoms with van der Waals surface area (Å²) in [5.74, 6) is -2.01. The second kappa shape index (κ2) is 25.1. The Labute approximate surface area is 301 Å². The van der Waals surface area contributed by atoms with Gasteiger partial charge in [-0.25, -0.2) is 0 Å². The summed E-state index contributed by atoms with van der Waals surface area (Å²) in [5, 5.41) is 62.7. The van der Waals surface area contributed by atoms with Crippen LogP contribution in [0.1, 0.15) is 130 Å². The zero-order valence-corrected chi connectivity index (χ0v) is 30.6. The first-order valence-corrected chi connectivity index (χ1v) is 18.9. The number of esters is 2. The Kier molecular flexibility index (Phi) is 22.3. The Hall–Kier alpha value is -1.95. The highest BCUT2D eigenvalue weighted by atomic mass is 16.8. The highest BCUT2D eigenvalue weighted by molar-refractivity contribution is 5.66. The number of rotatable bonds is 26. The van der Waals surface area contributed by atoms with Crippen molar-refractivity contribution in [1.82, 2.24) is 0 Å². The van der Waals surface area contributed by atoms with Crippen molar-refractivity contribution in [2.75, 3.05) is 13.2 Å². The maximum Gasteiger partial charge on any atom is 0.303 e. The van der Waals surface area contributed by atoms with Gasteiger partial charge in [-0.3, -0.25) is 14.4 Å². The Morgan fingerprint density at radius 1 is 0.588 bits per heavy atom. The number of carbonyl (C=O) groups is 3. The average molecular weight is 737 g/mol. The number of aliphatic hydroxyl groups excluding tert-OH is 5. The molecule has 2 aliphatic rings. The second-order valence-corrected chi connectivity index (χ2v) is 13.8. The van der Waals surface area contributed by atoms with Crippen LogP contribution in [0.15, 0.2) is 0 Å². The summed E-state index contributed by atoms with van der Waals surface area (Å²) >= 11 is 0. The van der Waals surface area contributed by atoms with Crippen LogP contribution in [0.4, 0.5) is 0 Å². The largest absolute Gasteiger partial charge is 0.481 e. The molecule has 0 spiro atoms. The van der Waals surface area contributed by atoms with E-state index >= 15 is 0 Å². The summed E-state index contributed by atoms with van der Waals surface area (Å²) in [4.78, 5) is 33.6. The third kappa shape index (κ3) is 17.2. The van der Waals surface area contributed by atoms with Gasteiger partial charge in [0, 0.05) is 20.3 Å². The van der Waals surface area contributed by atoms with E-state index in [1.54, 1.807) is 0 Å². The fourth-order valence-electron chi connectivity index (χ4n) is 6.35. The molecule has 1 unspecified atom stereocenters. The van der Waals surface area contributed by atoms with Crippen LogP contribution in [0.3, 0.4) is 0 Å². The van der Waals surface area contributed by atoms with E-state index in [9.17, 15) is 39.9 Å². The molecule has 6 N–H and O–H groups in total. The molecular weight excluding hydrogens is 672 g/mol. The van der Waals surface area contributed by atoms with Gasteiger partial charge in [-0.2, -0.15) is 0 Å². The molecule has 2 heterocycles. The van der Waals surface area contributed by atoms with Gasteiger partial charge in [0.15, 0.2) is 12.6 Å². The van der Waals surface area contributed by atoms with E-state index in [1.807, 2.05) is 0 Å². The molecule has 11 atom stereocenters. The van der Waals surface area contributed by atoms with Crippen LogP contribution in [0.5, 0.6) is 0 Å². The molecule has 2 aliphatic heterocycles. The van der Waals surface area contributed by atoms with Crippen LogP contribution in [0, 0.1) is 0 Å². The monoisotopic (exact) mass is 736 g/mol. The lowest BCUT2D eigenvalue weighted by molar-refractivity contribution is -0.372. The molecule has 2 saturated heterocycles. The minimum atomic E-state index is -1.78. The summed E-state index contributed by atoms with van der Waals surface area (Å²) < 4.78 is 34.2. The number of unbranched alkanes of at least 4 members (excludes halogenated alkanes) is 12. The molecule has 51 heavy (non-hydrogen) atoms. The number of carbonyl (C=O) groups excluding carboxylic acids is 2. The quantitative estimate of drug-likeness (QED) is 0.0554. The van der Waals surface area contributed by atoms with E-state index in [1.165, 1.54) is 6.92 Å². The van der Waals surface area contributed by atoms with Crippen molar-refractivity contribution in [3.8, 4) is 0 Å². The zero-order valence-electron chi connectivity index (χ0n) is 30.6. The maximum atomic E-state index is 11.6. The van der Waals surface area contributed by atoms with E-state index in [0.29, 0.717) is 19.3 Å². The predicted octanol–water partition coefficient (Wildman–Crippen LogP) is 2.87. The van der Waals surface area contributed by atoms with Gasteiger partial charge in [0.25, 0.3) is 0 Å². The van der Waals surface area contributed by atoms with Crippen LogP contribution < -0.4 is 0 Å². The number of hydrogen-bond acceptors (Lipinski definition) is 14. The first kappa shape index (κ1) is 45.2. The van der Waals surface area contributed by atoms with Gasteiger partial charge in [-0.05, 0) is 19.3 Å². The topological polar surface area (TPSA) is 228 Å².